The number of hydrogen-bond acceptors (Lipinski definition) is 3. The van der Waals surface area contributed by atoms with E-state index in [2.05, 4.69) is 10.3 Å². The van der Waals surface area contributed by atoms with Crippen LogP contribution in [0.1, 0.15) is 32.3 Å². The Morgan fingerprint density at radius 1 is 1.40 bits per heavy atom. The first-order valence-corrected chi connectivity index (χ1v) is 6.86. The molecule has 1 aromatic heterocycles. The normalized spacial score (nSPS) is 15.7. The molecular formula is C14H20F3N3. The van der Waals surface area contributed by atoms with E-state index in [0.29, 0.717) is 18.3 Å². The minimum absolute atomic E-state index is 0.236. The third-order valence-electron chi connectivity index (χ3n) is 3.33. The van der Waals surface area contributed by atoms with Crippen molar-refractivity contribution >= 4 is 5.69 Å². The van der Waals surface area contributed by atoms with Crippen LogP contribution < -0.4 is 10.2 Å². The lowest BCUT2D eigenvalue weighted by Crippen LogP contribution is -2.40. The van der Waals surface area contributed by atoms with Crippen LogP contribution in [0.3, 0.4) is 0 Å². The molecule has 1 aromatic rings. The number of hydrogen-bond donors (Lipinski definition) is 1. The summed E-state index contributed by atoms with van der Waals surface area (Å²) in [6.45, 7) is 3.16. The zero-order valence-electron chi connectivity index (χ0n) is 11.7. The minimum Gasteiger partial charge on any atom is -0.359 e. The summed E-state index contributed by atoms with van der Waals surface area (Å²) in [6, 6.07) is 2.07. The van der Waals surface area contributed by atoms with E-state index in [9.17, 15) is 13.2 Å². The van der Waals surface area contributed by atoms with Crippen molar-refractivity contribution in [1.29, 1.82) is 0 Å². The Bertz CT molecular complexity index is 442. The lowest BCUT2D eigenvalue weighted by Gasteiger charge is -2.31. The average molecular weight is 287 g/mol. The van der Waals surface area contributed by atoms with Gasteiger partial charge in [0.25, 0.3) is 0 Å². The van der Waals surface area contributed by atoms with Crippen LogP contribution in [0, 0.1) is 0 Å². The largest absolute Gasteiger partial charge is 0.405 e. The van der Waals surface area contributed by atoms with Crippen LogP contribution in [0.5, 0.6) is 0 Å². The van der Waals surface area contributed by atoms with Crippen molar-refractivity contribution in [3.05, 3.63) is 24.0 Å². The molecule has 0 unspecified atom stereocenters. The molecule has 6 heteroatoms. The van der Waals surface area contributed by atoms with Crippen LogP contribution in [-0.4, -0.2) is 29.8 Å². The summed E-state index contributed by atoms with van der Waals surface area (Å²) in [5.74, 6) is 0. The van der Waals surface area contributed by atoms with Gasteiger partial charge in [-0.1, -0.05) is 0 Å². The highest BCUT2D eigenvalue weighted by Gasteiger charge is 2.33. The number of halogens is 3. The molecule has 0 aliphatic heterocycles. The molecule has 3 nitrogen and oxygen atoms in total. The van der Waals surface area contributed by atoms with Crippen LogP contribution >= 0.6 is 0 Å². The van der Waals surface area contributed by atoms with Gasteiger partial charge in [0.2, 0.25) is 0 Å². The highest BCUT2D eigenvalue weighted by molar-refractivity contribution is 5.52. The van der Waals surface area contributed by atoms with Gasteiger partial charge < -0.3 is 10.2 Å². The Morgan fingerprint density at radius 3 is 2.65 bits per heavy atom. The van der Waals surface area contributed by atoms with Gasteiger partial charge in [-0.05, 0) is 38.3 Å². The fourth-order valence-corrected chi connectivity index (χ4v) is 2.10. The predicted octanol–water partition coefficient (Wildman–Crippen LogP) is 3.11. The molecule has 1 aliphatic rings. The van der Waals surface area contributed by atoms with E-state index in [1.165, 1.54) is 11.1 Å². The van der Waals surface area contributed by atoms with Gasteiger partial charge in [0.15, 0.2) is 0 Å². The Hall–Kier alpha value is -1.30. The zero-order valence-corrected chi connectivity index (χ0v) is 11.7. The van der Waals surface area contributed by atoms with Crippen molar-refractivity contribution in [2.24, 2.45) is 0 Å². The quantitative estimate of drug-likeness (QED) is 0.871. The molecule has 112 valence electrons. The first kappa shape index (κ1) is 15.1. The van der Waals surface area contributed by atoms with Gasteiger partial charge in [0.1, 0.15) is 6.54 Å². The van der Waals surface area contributed by atoms with Crippen molar-refractivity contribution in [1.82, 2.24) is 10.3 Å². The second-order valence-corrected chi connectivity index (χ2v) is 5.50. The Morgan fingerprint density at radius 2 is 2.10 bits per heavy atom. The van der Waals surface area contributed by atoms with E-state index in [-0.39, 0.29) is 6.04 Å². The van der Waals surface area contributed by atoms with Gasteiger partial charge in [-0.3, -0.25) is 4.98 Å². The van der Waals surface area contributed by atoms with Crippen LogP contribution in [-0.2, 0) is 6.54 Å². The summed E-state index contributed by atoms with van der Waals surface area (Å²) in [7, 11) is 0. The maximum Gasteiger partial charge on any atom is 0.405 e. The fourth-order valence-electron chi connectivity index (χ4n) is 2.10. The van der Waals surface area contributed by atoms with Gasteiger partial charge in [0, 0.05) is 24.8 Å². The van der Waals surface area contributed by atoms with Crippen molar-refractivity contribution < 1.29 is 13.2 Å². The van der Waals surface area contributed by atoms with Crippen LogP contribution in [0.15, 0.2) is 18.5 Å². The monoisotopic (exact) mass is 287 g/mol. The number of anilines is 1. The molecule has 20 heavy (non-hydrogen) atoms. The molecule has 0 aromatic carbocycles. The zero-order chi connectivity index (χ0) is 14.8. The number of alkyl halides is 3. The fraction of sp³-hybridized carbons (Fsp3) is 0.643. The highest BCUT2D eigenvalue weighted by atomic mass is 19.4. The molecule has 0 atom stereocenters. The minimum atomic E-state index is -4.22. The van der Waals surface area contributed by atoms with E-state index < -0.39 is 12.7 Å². The standard InChI is InChI=1S/C14H20F3N3/c1-10(2)20(9-14(15,16)17)13-8-18-6-5-11(13)7-19-12-3-4-12/h5-6,8,10,12,19H,3-4,7,9H2,1-2H3. The molecule has 0 bridgehead atoms. The molecule has 0 saturated heterocycles. The van der Waals surface area contributed by atoms with Crippen LogP contribution in [0.25, 0.3) is 0 Å². The summed E-state index contributed by atoms with van der Waals surface area (Å²) < 4.78 is 38.2. The molecule has 1 N–H and O–H groups in total. The van der Waals surface area contributed by atoms with Crippen molar-refractivity contribution in [3.8, 4) is 0 Å². The lowest BCUT2D eigenvalue weighted by molar-refractivity contribution is -0.120. The summed E-state index contributed by atoms with van der Waals surface area (Å²) in [5.41, 5.74) is 1.43. The average Bonchev–Trinajstić information content (AvgIpc) is 3.16. The Labute approximate surface area is 117 Å². The second kappa shape index (κ2) is 5.99. The maximum atomic E-state index is 12.7. The Balaban J connectivity index is 2.17. The molecule has 1 aliphatic carbocycles. The van der Waals surface area contributed by atoms with E-state index in [1.54, 1.807) is 26.1 Å². The van der Waals surface area contributed by atoms with E-state index in [0.717, 1.165) is 18.4 Å². The lowest BCUT2D eigenvalue weighted by atomic mass is 10.1. The molecular weight excluding hydrogens is 267 g/mol. The number of aromatic nitrogens is 1. The van der Waals surface area contributed by atoms with Gasteiger partial charge in [0.05, 0.1) is 11.9 Å². The first-order valence-electron chi connectivity index (χ1n) is 6.86. The molecule has 0 spiro atoms. The predicted molar refractivity (Wildman–Crippen MR) is 72.6 cm³/mol. The topological polar surface area (TPSA) is 28.2 Å². The van der Waals surface area contributed by atoms with Gasteiger partial charge in [-0.25, -0.2) is 0 Å². The third kappa shape index (κ3) is 4.37. The first-order chi connectivity index (χ1) is 9.37. The van der Waals surface area contributed by atoms with Crippen LogP contribution in [0.2, 0.25) is 0 Å². The van der Waals surface area contributed by atoms with Gasteiger partial charge in [-0.2, -0.15) is 13.2 Å². The van der Waals surface area contributed by atoms with E-state index in [1.807, 2.05) is 0 Å². The Kier molecular flexibility index (Phi) is 4.52. The van der Waals surface area contributed by atoms with Crippen molar-refractivity contribution in [2.75, 3.05) is 11.4 Å². The summed E-state index contributed by atoms with van der Waals surface area (Å²) in [5, 5.41) is 3.33. The number of pyridine rings is 1. The molecule has 1 fully saturated rings. The molecule has 1 heterocycles. The molecule has 1 saturated carbocycles. The van der Waals surface area contributed by atoms with Crippen LogP contribution in [0.4, 0.5) is 18.9 Å². The molecule has 0 radical (unpaired) electrons. The number of nitrogens with one attached hydrogen (secondary N) is 1. The van der Waals surface area contributed by atoms with Gasteiger partial charge >= 0.3 is 6.18 Å². The van der Waals surface area contributed by atoms with E-state index in [4.69, 9.17) is 0 Å². The smallest absolute Gasteiger partial charge is 0.359 e. The van der Waals surface area contributed by atoms with Crippen molar-refractivity contribution in [3.63, 3.8) is 0 Å². The summed E-state index contributed by atoms with van der Waals surface area (Å²) in [6.07, 6.45) is 1.23. The van der Waals surface area contributed by atoms with E-state index >= 15 is 0 Å². The molecule has 0 amide bonds. The second-order valence-electron chi connectivity index (χ2n) is 5.50. The third-order valence-corrected chi connectivity index (χ3v) is 3.33. The number of rotatable bonds is 6. The highest BCUT2D eigenvalue weighted by Crippen LogP contribution is 2.27. The number of nitrogens with zero attached hydrogens (tertiary/aromatic N) is 2. The maximum absolute atomic E-state index is 12.7. The SMILES string of the molecule is CC(C)N(CC(F)(F)F)c1cnccc1CNC1CC1. The molecule has 2 rings (SSSR count). The van der Waals surface area contributed by atoms with Gasteiger partial charge in [-0.15, -0.1) is 0 Å². The van der Waals surface area contributed by atoms with Crippen molar-refractivity contribution in [2.45, 2.75) is 51.5 Å². The summed E-state index contributed by atoms with van der Waals surface area (Å²) >= 11 is 0. The summed E-state index contributed by atoms with van der Waals surface area (Å²) in [4.78, 5) is 5.34.